The third kappa shape index (κ3) is 2.23. The molecule has 0 bridgehead atoms. The number of anilines is 1. The maximum absolute atomic E-state index is 12.8. The number of thiophene rings is 1. The van der Waals surface area contributed by atoms with Crippen LogP contribution in [-0.2, 0) is 4.79 Å². The van der Waals surface area contributed by atoms with Crippen molar-refractivity contribution in [3.8, 4) is 0 Å². The van der Waals surface area contributed by atoms with Gasteiger partial charge in [0.15, 0.2) is 0 Å². The highest BCUT2D eigenvalue weighted by molar-refractivity contribution is 7.12. The fourth-order valence-corrected chi connectivity index (χ4v) is 3.72. The molecule has 1 aromatic heterocycles. The lowest BCUT2D eigenvalue weighted by Gasteiger charge is -2.17. The van der Waals surface area contributed by atoms with Gasteiger partial charge in [-0.3, -0.25) is 9.59 Å². The van der Waals surface area contributed by atoms with Gasteiger partial charge in [0.2, 0.25) is 0 Å². The summed E-state index contributed by atoms with van der Waals surface area (Å²) in [6.07, 6.45) is 0. The maximum atomic E-state index is 12.8. The Kier molecular flexibility index (Phi) is 3.29. The number of fused-ring (bicyclic) bond motifs is 1. The molecule has 1 aliphatic rings. The molecule has 108 valence electrons. The van der Waals surface area contributed by atoms with Crippen LogP contribution in [0.5, 0.6) is 0 Å². The summed E-state index contributed by atoms with van der Waals surface area (Å²) in [7, 11) is 0. The van der Waals surface area contributed by atoms with Crippen molar-refractivity contribution in [3.63, 3.8) is 0 Å². The standard InChI is InChI=1S/C16H15NO3S/c1-9-7-12(10(2)21-9)15(18)17-8-13(16(19)20)11-5-3-4-6-14(11)17/h3-7,13H,8H2,1-2H3,(H,19,20). The van der Waals surface area contributed by atoms with Crippen LogP contribution in [0.3, 0.4) is 0 Å². The van der Waals surface area contributed by atoms with Gasteiger partial charge in [-0.15, -0.1) is 11.3 Å². The van der Waals surface area contributed by atoms with Gasteiger partial charge in [0.05, 0.1) is 5.56 Å². The van der Waals surface area contributed by atoms with E-state index in [1.165, 1.54) is 0 Å². The molecule has 1 amide bonds. The van der Waals surface area contributed by atoms with Gasteiger partial charge in [-0.1, -0.05) is 18.2 Å². The molecule has 1 aromatic carbocycles. The van der Waals surface area contributed by atoms with Crippen LogP contribution in [-0.4, -0.2) is 23.5 Å². The zero-order chi connectivity index (χ0) is 15.1. The number of nitrogens with zero attached hydrogens (tertiary/aromatic N) is 1. The second-order valence-corrected chi connectivity index (χ2v) is 6.65. The predicted molar refractivity (Wildman–Crippen MR) is 82.3 cm³/mol. The molecule has 3 rings (SSSR count). The lowest BCUT2D eigenvalue weighted by Crippen LogP contribution is -2.31. The Labute approximate surface area is 126 Å². The zero-order valence-electron chi connectivity index (χ0n) is 11.8. The molecule has 5 heteroatoms. The first-order valence-corrected chi connectivity index (χ1v) is 7.51. The van der Waals surface area contributed by atoms with Gasteiger partial charge in [-0.2, -0.15) is 0 Å². The summed E-state index contributed by atoms with van der Waals surface area (Å²) in [6.45, 7) is 4.08. The first kappa shape index (κ1) is 13.8. The summed E-state index contributed by atoms with van der Waals surface area (Å²) in [5, 5.41) is 9.35. The lowest BCUT2D eigenvalue weighted by atomic mass is 10.0. The lowest BCUT2D eigenvalue weighted by molar-refractivity contribution is -0.138. The maximum Gasteiger partial charge on any atom is 0.312 e. The number of aliphatic carboxylic acids is 1. The van der Waals surface area contributed by atoms with E-state index in [1.807, 2.05) is 38.1 Å². The van der Waals surface area contributed by atoms with Gasteiger partial charge in [0.1, 0.15) is 5.92 Å². The van der Waals surface area contributed by atoms with Crippen molar-refractivity contribution in [2.45, 2.75) is 19.8 Å². The van der Waals surface area contributed by atoms with Crippen LogP contribution >= 0.6 is 11.3 Å². The highest BCUT2D eigenvalue weighted by atomic mass is 32.1. The van der Waals surface area contributed by atoms with Crippen LogP contribution in [0.4, 0.5) is 5.69 Å². The molecule has 1 N–H and O–H groups in total. The van der Waals surface area contributed by atoms with Gasteiger partial charge in [0.25, 0.3) is 5.91 Å². The zero-order valence-corrected chi connectivity index (χ0v) is 12.6. The van der Waals surface area contributed by atoms with E-state index in [0.717, 1.165) is 9.75 Å². The molecule has 0 radical (unpaired) electrons. The summed E-state index contributed by atoms with van der Waals surface area (Å²) >= 11 is 1.58. The van der Waals surface area contributed by atoms with E-state index in [1.54, 1.807) is 22.3 Å². The fraction of sp³-hybridized carbons (Fsp3) is 0.250. The smallest absolute Gasteiger partial charge is 0.312 e. The molecule has 1 aliphatic heterocycles. The van der Waals surface area contributed by atoms with Crippen molar-refractivity contribution in [3.05, 3.63) is 51.2 Å². The first-order chi connectivity index (χ1) is 9.99. The molecule has 21 heavy (non-hydrogen) atoms. The number of rotatable bonds is 2. The molecule has 0 saturated heterocycles. The van der Waals surface area contributed by atoms with Crippen LogP contribution in [0.2, 0.25) is 0 Å². The largest absolute Gasteiger partial charge is 0.481 e. The number of carbonyl (C=O) groups excluding carboxylic acids is 1. The van der Waals surface area contributed by atoms with Crippen LogP contribution in [0, 0.1) is 13.8 Å². The molecule has 0 spiro atoms. The predicted octanol–water partition coefficient (Wildman–Crippen LogP) is 3.19. The van der Waals surface area contributed by atoms with E-state index in [2.05, 4.69) is 0 Å². The Hall–Kier alpha value is -2.14. The number of carboxylic acids is 1. The van der Waals surface area contributed by atoms with E-state index in [4.69, 9.17) is 0 Å². The van der Waals surface area contributed by atoms with Gasteiger partial charge in [0, 0.05) is 22.0 Å². The van der Waals surface area contributed by atoms with E-state index in [0.29, 0.717) is 16.8 Å². The number of benzene rings is 1. The van der Waals surface area contributed by atoms with Crippen LogP contribution < -0.4 is 4.90 Å². The SMILES string of the molecule is Cc1cc(C(=O)N2CC(C(=O)O)c3ccccc32)c(C)s1. The molecule has 2 aromatic rings. The molecular weight excluding hydrogens is 286 g/mol. The Morgan fingerprint density at radius 2 is 2.00 bits per heavy atom. The van der Waals surface area contributed by atoms with E-state index < -0.39 is 11.9 Å². The molecule has 0 fully saturated rings. The van der Waals surface area contributed by atoms with E-state index >= 15 is 0 Å². The van der Waals surface area contributed by atoms with Crippen molar-refractivity contribution in [2.75, 3.05) is 11.4 Å². The average Bonchev–Trinajstić information content (AvgIpc) is 2.98. The minimum absolute atomic E-state index is 0.118. The minimum atomic E-state index is -0.893. The second-order valence-electron chi connectivity index (χ2n) is 5.19. The van der Waals surface area contributed by atoms with Crippen LogP contribution in [0.15, 0.2) is 30.3 Å². The van der Waals surface area contributed by atoms with E-state index in [9.17, 15) is 14.7 Å². The monoisotopic (exact) mass is 301 g/mol. The number of para-hydroxylation sites is 1. The summed E-state index contributed by atoms with van der Waals surface area (Å²) in [5.41, 5.74) is 2.08. The number of amides is 1. The summed E-state index contributed by atoms with van der Waals surface area (Å²) < 4.78 is 0. The number of aryl methyl sites for hydroxylation is 2. The topological polar surface area (TPSA) is 57.6 Å². The van der Waals surface area contributed by atoms with Crippen molar-refractivity contribution in [1.29, 1.82) is 0 Å². The van der Waals surface area contributed by atoms with Gasteiger partial charge >= 0.3 is 5.97 Å². The number of hydrogen-bond acceptors (Lipinski definition) is 3. The number of carboxylic acid groups (broad SMARTS) is 1. The van der Waals surface area contributed by atoms with Crippen molar-refractivity contribution < 1.29 is 14.7 Å². The van der Waals surface area contributed by atoms with Crippen molar-refractivity contribution in [1.82, 2.24) is 0 Å². The third-order valence-electron chi connectivity index (χ3n) is 3.78. The Bertz CT molecular complexity index is 735. The summed E-state index contributed by atoms with van der Waals surface area (Å²) in [6, 6.07) is 9.11. The fourth-order valence-electron chi connectivity index (χ4n) is 2.80. The van der Waals surface area contributed by atoms with Crippen molar-refractivity contribution in [2.24, 2.45) is 0 Å². The van der Waals surface area contributed by atoms with Gasteiger partial charge in [-0.05, 0) is 31.5 Å². The molecule has 4 nitrogen and oxygen atoms in total. The van der Waals surface area contributed by atoms with Crippen LogP contribution in [0.1, 0.15) is 31.6 Å². The normalized spacial score (nSPS) is 16.9. The van der Waals surface area contributed by atoms with Crippen molar-refractivity contribution >= 4 is 28.9 Å². The molecule has 0 saturated carbocycles. The van der Waals surface area contributed by atoms with E-state index in [-0.39, 0.29) is 12.5 Å². The quantitative estimate of drug-likeness (QED) is 0.926. The molecule has 1 atom stereocenters. The second kappa shape index (κ2) is 5.00. The van der Waals surface area contributed by atoms with Gasteiger partial charge < -0.3 is 10.0 Å². The molecule has 2 heterocycles. The Balaban J connectivity index is 2.02. The van der Waals surface area contributed by atoms with Crippen LogP contribution in [0.25, 0.3) is 0 Å². The molecule has 0 aliphatic carbocycles. The summed E-state index contributed by atoms with van der Waals surface area (Å²) in [5.74, 6) is -1.66. The third-order valence-corrected chi connectivity index (χ3v) is 4.75. The number of carbonyl (C=O) groups is 2. The van der Waals surface area contributed by atoms with Gasteiger partial charge in [-0.25, -0.2) is 0 Å². The molecule has 1 unspecified atom stereocenters. The minimum Gasteiger partial charge on any atom is -0.481 e. The number of hydrogen-bond donors (Lipinski definition) is 1. The first-order valence-electron chi connectivity index (χ1n) is 6.69. The summed E-state index contributed by atoms with van der Waals surface area (Å²) in [4.78, 5) is 27.8. The average molecular weight is 301 g/mol. The highest BCUT2D eigenvalue weighted by Crippen LogP contribution is 2.37. The molecular formula is C16H15NO3S. The highest BCUT2D eigenvalue weighted by Gasteiger charge is 2.37. The Morgan fingerprint density at radius 1 is 1.29 bits per heavy atom. The Morgan fingerprint density at radius 3 is 2.62 bits per heavy atom.